The molecule has 0 aliphatic carbocycles. The summed E-state index contributed by atoms with van der Waals surface area (Å²) in [6.45, 7) is 4.31. The Morgan fingerprint density at radius 2 is 2.20 bits per heavy atom. The first-order chi connectivity index (χ1) is 7.11. The number of fused-ring (bicyclic) bond motifs is 1. The number of H-pyrrole nitrogens is 1. The fourth-order valence-corrected chi connectivity index (χ4v) is 1.48. The zero-order valence-electron chi connectivity index (χ0n) is 9.20. The second-order valence-corrected chi connectivity index (χ2v) is 4.32. The minimum absolute atomic E-state index is 0.0685. The molecule has 2 aromatic rings. The Labute approximate surface area is 88.3 Å². The molecule has 0 aromatic carbocycles. The van der Waals surface area contributed by atoms with E-state index in [2.05, 4.69) is 39.6 Å². The molecule has 5 nitrogen and oxygen atoms in total. The highest BCUT2D eigenvalue weighted by molar-refractivity contribution is 5.69. The lowest BCUT2D eigenvalue weighted by Gasteiger charge is -2.23. The van der Waals surface area contributed by atoms with Gasteiger partial charge in [-0.2, -0.15) is 10.3 Å². The van der Waals surface area contributed by atoms with E-state index in [1.54, 1.807) is 0 Å². The first-order valence-corrected chi connectivity index (χ1v) is 4.95. The van der Waals surface area contributed by atoms with Gasteiger partial charge in [0, 0.05) is 11.7 Å². The van der Waals surface area contributed by atoms with Gasteiger partial charge in [0.1, 0.15) is 5.52 Å². The van der Waals surface area contributed by atoms with Crippen molar-refractivity contribution >= 4 is 11.2 Å². The van der Waals surface area contributed by atoms with Crippen molar-refractivity contribution in [1.82, 2.24) is 25.7 Å². The van der Waals surface area contributed by atoms with Crippen molar-refractivity contribution in [2.24, 2.45) is 0 Å². The van der Waals surface area contributed by atoms with Crippen LogP contribution in [0.2, 0.25) is 0 Å². The van der Waals surface area contributed by atoms with E-state index in [0.29, 0.717) is 5.65 Å². The van der Waals surface area contributed by atoms with Gasteiger partial charge in [-0.3, -0.25) is 0 Å². The van der Waals surface area contributed by atoms with Gasteiger partial charge in [0.15, 0.2) is 0 Å². The number of hydrogen-bond donors (Lipinski definition) is 2. The van der Waals surface area contributed by atoms with Gasteiger partial charge in [-0.25, -0.2) is 4.98 Å². The van der Waals surface area contributed by atoms with E-state index in [1.807, 2.05) is 19.3 Å². The molecule has 2 rings (SSSR count). The lowest BCUT2D eigenvalue weighted by atomic mass is 9.96. The molecular formula is C10H15N5. The molecule has 0 radical (unpaired) electrons. The summed E-state index contributed by atoms with van der Waals surface area (Å²) < 4.78 is 0. The number of aromatic amines is 1. The summed E-state index contributed by atoms with van der Waals surface area (Å²) in [6, 6.07) is 2.02. The number of nitrogens with zero attached hydrogens (tertiary/aromatic N) is 3. The van der Waals surface area contributed by atoms with Crippen LogP contribution in [0.1, 0.15) is 19.4 Å². The first kappa shape index (κ1) is 10.0. The van der Waals surface area contributed by atoms with Crippen molar-refractivity contribution in [2.75, 3.05) is 7.05 Å². The number of likely N-dealkylation sites (N-methyl/N-ethyl adjacent to an activating group) is 1. The van der Waals surface area contributed by atoms with Crippen LogP contribution in [-0.4, -0.2) is 33.0 Å². The van der Waals surface area contributed by atoms with Gasteiger partial charge in [0.05, 0.1) is 0 Å². The first-order valence-electron chi connectivity index (χ1n) is 4.95. The molecule has 80 valence electrons. The quantitative estimate of drug-likeness (QED) is 0.781. The number of rotatable bonds is 3. The zero-order valence-corrected chi connectivity index (χ0v) is 9.20. The molecular weight excluding hydrogens is 190 g/mol. The Kier molecular flexibility index (Phi) is 2.40. The molecule has 0 unspecified atom stereocenters. The van der Waals surface area contributed by atoms with E-state index in [9.17, 15) is 0 Å². The van der Waals surface area contributed by atoms with Crippen LogP contribution in [0.5, 0.6) is 0 Å². The molecule has 0 fully saturated rings. The van der Waals surface area contributed by atoms with E-state index < -0.39 is 0 Å². The average Bonchev–Trinajstić information content (AvgIpc) is 2.64. The lowest BCUT2D eigenvalue weighted by Crippen LogP contribution is -2.38. The summed E-state index contributed by atoms with van der Waals surface area (Å²) in [6.07, 6.45) is 2.77. The third-order valence-electron chi connectivity index (χ3n) is 2.55. The van der Waals surface area contributed by atoms with Crippen LogP contribution in [0.15, 0.2) is 12.3 Å². The molecule has 2 N–H and O–H groups in total. The Hall–Kier alpha value is -1.49. The van der Waals surface area contributed by atoms with Crippen molar-refractivity contribution in [1.29, 1.82) is 0 Å². The lowest BCUT2D eigenvalue weighted by molar-refractivity contribution is 0.422. The van der Waals surface area contributed by atoms with Crippen LogP contribution in [0.3, 0.4) is 0 Å². The Balaban J connectivity index is 2.28. The van der Waals surface area contributed by atoms with Gasteiger partial charge in [-0.05, 0) is 38.9 Å². The molecule has 0 bridgehead atoms. The Morgan fingerprint density at radius 1 is 1.40 bits per heavy atom. The highest BCUT2D eigenvalue weighted by atomic mass is 15.3. The number of pyridine rings is 1. The molecule has 2 heterocycles. The van der Waals surface area contributed by atoms with Crippen LogP contribution in [0.25, 0.3) is 11.2 Å². The van der Waals surface area contributed by atoms with Crippen molar-refractivity contribution < 1.29 is 0 Å². The summed E-state index contributed by atoms with van der Waals surface area (Å²) in [5.74, 6) is 0. The van der Waals surface area contributed by atoms with Crippen LogP contribution in [0, 0.1) is 0 Å². The summed E-state index contributed by atoms with van der Waals surface area (Å²) >= 11 is 0. The molecule has 0 aliphatic rings. The van der Waals surface area contributed by atoms with Gasteiger partial charge in [0.25, 0.3) is 0 Å². The highest BCUT2D eigenvalue weighted by Gasteiger charge is 2.16. The Morgan fingerprint density at radius 3 is 2.93 bits per heavy atom. The minimum Gasteiger partial charge on any atom is -0.314 e. The van der Waals surface area contributed by atoms with Crippen LogP contribution >= 0.6 is 0 Å². The molecule has 0 aliphatic heterocycles. The smallest absolute Gasteiger partial charge is 0.201 e. The second kappa shape index (κ2) is 3.58. The molecule has 0 amide bonds. The molecule has 0 atom stereocenters. The zero-order chi connectivity index (χ0) is 10.9. The van der Waals surface area contributed by atoms with E-state index in [0.717, 1.165) is 17.5 Å². The van der Waals surface area contributed by atoms with E-state index in [1.165, 1.54) is 0 Å². The molecule has 2 aromatic heterocycles. The van der Waals surface area contributed by atoms with Crippen molar-refractivity contribution in [3.63, 3.8) is 0 Å². The predicted octanol–water partition coefficient (Wildman–Crippen LogP) is 0.893. The van der Waals surface area contributed by atoms with Gasteiger partial charge < -0.3 is 5.32 Å². The van der Waals surface area contributed by atoms with Crippen LogP contribution < -0.4 is 5.32 Å². The van der Waals surface area contributed by atoms with E-state index in [-0.39, 0.29) is 5.54 Å². The third kappa shape index (κ3) is 2.12. The Bertz CT molecular complexity index is 460. The second-order valence-electron chi connectivity index (χ2n) is 4.32. The monoisotopic (exact) mass is 205 g/mol. The number of aromatic nitrogens is 4. The maximum absolute atomic E-state index is 4.23. The molecule has 0 saturated heterocycles. The minimum atomic E-state index is 0.0685. The van der Waals surface area contributed by atoms with E-state index >= 15 is 0 Å². The van der Waals surface area contributed by atoms with Crippen molar-refractivity contribution in [3.05, 3.63) is 17.8 Å². The van der Waals surface area contributed by atoms with Gasteiger partial charge >= 0.3 is 0 Å². The van der Waals surface area contributed by atoms with Crippen molar-refractivity contribution in [3.8, 4) is 0 Å². The molecule has 5 heteroatoms. The maximum Gasteiger partial charge on any atom is 0.201 e. The highest BCUT2D eigenvalue weighted by Crippen LogP contribution is 2.14. The largest absolute Gasteiger partial charge is 0.314 e. The summed E-state index contributed by atoms with van der Waals surface area (Å²) in [5, 5.41) is 13.8. The predicted molar refractivity (Wildman–Crippen MR) is 58.5 cm³/mol. The number of hydrogen-bond acceptors (Lipinski definition) is 4. The van der Waals surface area contributed by atoms with Crippen LogP contribution in [-0.2, 0) is 6.42 Å². The standard InChI is InChI=1S/C10H15N5/c1-10(2,11-3)5-7-4-8-9(12-6-7)14-15-13-8/h4,6,11H,5H2,1-3H3,(H,12,13,14,15). The topological polar surface area (TPSA) is 66.5 Å². The normalized spacial score (nSPS) is 12.2. The van der Waals surface area contributed by atoms with Crippen LogP contribution in [0.4, 0.5) is 0 Å². The summed E-state index contributed by atoms with van der Waals surface area (Å²) in [7, 11) is 1.96. The molecule has 0 saturated carbocycles. The fourth-order valence-electron chi connectivity index (χ4n) is 1.48. The van der Waals surface area contributed by atoms with Gasteiger partial charge in [-0.15, -0.1) is 5.10 Å². The SMILES string of the molecule is CNC(C)(C)Cc1cnc2n[nH]nc2c1. The number of nitrogens with one attached hydrogen (secondary N) is 2. The fraction of sp³-hybridized carbons (Fsp3) is 0.500. The molecule has 15 heavy (non-hydrogen) atoms. The average molecular weight is 205 g/mol. The third-order valence-corrected chi connectivity index (χ3v) is 2.55. The van der Waals surface area contributed by atoms with Gasteiger partial charge in [0.2, 0.25) is 5.65 Å². The van der Waals surface area contributed by atoms with Crippen molar-refractivity contribution in [2.45, 2.75) is 25.8 Å². The summed E-state index contributed by atoms with van der Waals surface area (Å²) in [4.78, 5) is 4.23. The molecule has 0 spiro atoms. The van der Waals surface area contributed by atoms with E-state index in [4.69, 9.17) is 0 Å². The summed E-state index contributed by atoms with van der Waals surface area (Å²) in [5.41, 5.74) is 2.72. The van der Waals surface area contributed by atoms with Gasteiger partial charge in [-0.1, -0.05) is 0 Å². The maximum atomic E-state index is 4.23.